The van der Waals surface area contributed by atoms with E-state index in [4.69, 9.17) is 5.11 Å². The quantitative estimate of drug-likeness (QED) is 0.117. The Morgan fingerprint density at radius 3 is 1.88 bits per heavy atom. The van der Waals surface area contributed by atoms with Crippen molar-refractivity contribution in [3.05, 3.63) is 71.8 Å². The lowest BCUT2D eigenvalue weighted by molar-refractivity contribution is -0.124. The number of imide groups is 1. The molecule has 0 saturated heterocycles. The minimum absolute atomic E-state index is 0.0427. The fraction of sp³-hybridized carbons (Fsp3) is 0.484. The Balaban J connectivity index is 2.43. The molecule has 3 atom stereocenters. The van der Waals surface area contributed by atoms with E-state index >= 15 is 0 Å². The van der Waals surface area contributed by atoms with Crippen LogP contribution in [-0.4, -0.2) is 65.3 Å². The number of carbonyl (C=O) groups excluding carboxylic acids is 2. The molecule has 1 unspecified atom stereocenters. The Labute approximate surface area is 242 Å². The maximum Gasteiger partial charge on any atom is 0.411 e. The summed E-state index contributed by atoms with van der Waals surface area (Å²) >= 11 is 0. The second-order valence-corrected chi connectivity index (χ2v) is 11.0. The summed E-state index contributed by atoms with van der Waals surface area (Å²) in [7, 11) is 0. The number of nitrogens with one attached hydrogen (secondary N) is 4. The summed E-state index contributed by atoms with van der Waals surface area (Å²) in [5.41, 5.74) is 1.41. The lowest BCUT2D eigenvalue weighted by atomic mass is 9.79. The summed E-state index contributed by atoms with van der Waals surface area (Å²) < 4.78 is 0. The molecule has 0 radical (unpaired) electrons. The largest absolute Gasteiger partial charge is 0.465 e. The average molecular weight is 569 g/mol. The summed E-state index contributed by atoms with van der Waals surface area (Å²) in [4.78, 5) is 47.2. The first-order valence-corrected chi connectivity index (χ1v) is 14.1. The Hall–Kier alpha value is -3.76. The van der Waals surface area contributed by atoms with Gasteiger partial charge in [0.2, 0.25) is 5.91 Å². The minimum atomic E-state index is -1.47. The standard InChI is InChI=1S/C31H44N4O6/c1-22(2)26(21-36)32-17-11-10-16-31(18-24-12-6-4-7-13-24,19-25-14-8-5-9-15-25)35-27(28(37)34-30(40)41)23(3)20-33-29(38)39/h4-9,12-15,21-23,26-27,32-33,35H,10-11,16-20H2,1-3H3,(H,34,37)(H,38,39)(H,40,41)/t23?,26-,27+/m1/s1. The number of amides is 3. The molecule has 0 aromatic heterocycles. The topological polar surface area (TPSA) is 157 Å². The molecular formula is C31H44N4O6. The molecule has 2 rings (SSSR count). The van der Waals surface area contributed by atoms with Gasteiger partial charge in [0.25, 0.3) is 0 Å². The van der Waals surface area contributed by atoms with E-state index in [1.165, 1.54) is 0 Å². The van der Waals surface area contributed by atoms with Gasteiger partial charge in [0.15, 0.2) is 0 Å². The van der Waals surface area contributed by atoms with E-state index in [1.807, 2.05) is 79.8 Å². The summed E-state index contributed by atoms with van der Waals surface area (Å²) in [6, 6.07) is 18.5. The number of unbranched alkanes of at least 4 members (excludes halogenated alkanes) is 1. The van der Waals surface area contributed by atoms with Crippen LogP contribution in [0.3, 0.4) is 0 Å². The zero-order valence-electron chi connectivity index (χ0n) is 24.1. The summed E-state index contributed by atoms with van der Waals surface area (Å²) in [6.07, 6.45) is 1.52. The van der Waals surface area contributed by atoms with Crippen LogP contribution in [0.25, 0.3) is 0 Å². The van der Waals surface area contributed by atoms with Crippen molar-refractivity contribution in [1.29, 1.82) is 0 Å². The van der Waals surface area contributed by atoms with Crippen LogP contribution in [0.15, 0.2) is 60.7 Å². The number of hydrogen-bond acceptors (Lipinski definition) is 6. The number of rotatable bonds is 18. The molecule has 0 aliphatic carbocycles. The van der Waals surface area contributed by atoms with Crippen LogP contribution in [0, 0.1) is 11.8 Å². The smallest absolute Gasteiger partial charge is 0.411 e. The molecule has 3 amide bonds. The Kier molecular flexibility index (Phi) is 14.0. The molecule has 224 valence electrons. The van der Waals surface area contributed by atoms with Crippen molar-refractivity contribution in [2.75, 3.05) is 13.1 Å². The van der Waals surface area contributed by atoms with Gasteiger partial charge < -0.3 is 25.6 Å². The third kappa shape index (κ3) is 12.1. The van der Waals surface area contributed by atoms with Crippen molar-refractivity contribution in [2.24, 2.45) is 11.8 Å². The maximum atomic E-state index is 13.2. The number of carbonyl (C=O) groups is 4. The molecule has 10 heteroatoms. The Morgan fingerprint density at radius 2 is 1.41 bits per heavy atom. The Morgan fingerprint density at radius 1 is 0.854 bits per heavy atom. The maximum absolute atomic E-state index is 13.2. The van der Waals surface area contributed by atoms with E-state index in [9.17, 15) is 24.3 Å². The van der Waals surface area contributed by atoms with Gasteiger partial charge in [-0.15, -0.1) is 0 Å². The van der Waals surface area contributed by atoms with Crippen LogP contribution in [0.4, 0.5) is 9.59 Å². The van der Waals surface area contributed by atoms with Gasteiger partial charge in [-0.3, -0.25) is 15.4 Å². The molecule has 0 fully saturated rings. The van der Waals surface area contributed by atoms with Gasteiger partial charge >= 0.3 is 12.2 Å². The van der Waals surface area contributed by atoms with Crippen LogP contribution in [0.5, 0.6) is 0 Å². The first-order chi connectivity index (χ1) is 19.5. The predicted octanol–water partition coefficient (Wildman–Crippen LogP) is 3.85. The highest BCUT2D eigenvalue weighted by Gasteiger charge is 2.38. The van der Waals surface area contributed by atoms with E-state index < -0.39 is 35.6 Å². The second-order valence-electron chi connectivity index (χ2n) is 11.0. The van der Waals surface area contributed by atoms with Crippen molar-refractivity contribution in [1.82, 2.24) is 21.3 Å². The molecule has 0 heterocycles. The molecule has 6 N–H and O–H groups in total. The second kappa shape index (κ2) is 17.1. The first kappa shape index (κ1) is 33.4. The van der Waals surface area contributed by atoms with Gasteiger partial charge in [0, 0.05) is 12.1 Å². The summed E-state index contributed by atoms with van der Waals surface area (Å²) in [5, 5.41) is 29.6. The third-order valence-electron chi connectivity index (χ3n) is 7.22. The molecule has 10 nitrogen and oxygen atoms in total. The molecule has 0 spiro atoms. The van der Waals surface area contributed by atoms with E-state index in [-0.39, 0.29) is 18.5 Å². The van der Waals surface area contributed by atoms with Crippen LogP contribution >= 0.6 is 0 Å². The van der Waals surface area contributed by atoms with Crippen LogP contribution in [-0.2, 0) is 22.4 Å². The predicted molar refractivity (Wildman–Crippen MR) is 158 cm³/mol. The SMILES string of the molecule is CC(CNC(=O)O)[C@H](NC(CCCCN[C@H](C=O)C(C)C)(Cc1ccccc1)Cc1ccccc1)C(=O)NC(=O)O. The van der Waals surface area contributed by atoms with Crippen molar-refractivity contribution >= 4 is 24.4 Å². The third-order valence-corrected chi connectivity index (χ3v) is 7.22. The van der Waals surface area contributed by atoms with Gasteiger partial charge in [0.1, 0.15) is 6.29 Å². The van der Waals surface area contributed by atoms with Crippen LogP contribution < -0.4 is 21.3 Å². The first-order valence-electron chi connectivity index (χ1n) is 14.1. The van der Waals surface area contributed by atoms with Gasteiger partial charge in [-0.1, -0.05) is 87.9 Å². The van der Waals surface area contributed by atoms with E-state index in [0.717, 1.165) is 30.3 Å². The number of carboxylic acid groups (broad SMARTS) is 2. The molecule has 0 saturated carbocycles. The lowest BCUT2D eigenvalue weighted by Gasteiger charge is -2.40. The summed E-state index contributed by atoms with van der Waals surface area (Å²) in [6.45, 7) is 6.29. The Bertz CT molecular complexity index is 1050. The van der Waals surface area contributed by atoms with E-state index in [2.05, 4.69) is 16.0 Å². The number of benzene rings is 2. The highest BCUT2D eigenvalue weighted by Crippen LogP contribution is 2.27. The van der Waals surface area contributed by atoms with Gasteiger partial charge in [-0.05, 0) is 55.2 Å². The van der Waals surface area contributed by atoms with Crippen molar-refractivity contribution < 1.29 is 29.4 Å². The molecule has 0 bridgehead atoms. The fourth-order valence-electron chi connectivity index (χ4n) is 5.03. The molecule has 0 aliphatic rings. The lowest BCUT2D eigenvalue weighted by Crippen LogP contribution is -2.61. The fourth-order valence-corrected chi connectivity index (χ4v) is 5.03. The zero-order chi connectivity index (χ0) is 30.3. The number of aldehydes is 1. The normalized spacial score (nSPS) is 13.7. The molecular weight excluding hydrogens is 524 g/mol. The highest BCUT2D eigenvalue weighted by molar-refractivity contribution is 5.94. The monoisotopic (exact) mass is 568 g/mol. The van der Waals surface area contributed by atoms with E-state index in [1.54, 1.807) is 6.92 Å². The molecule has 41 heavy (non-hydrogen) atoms. The zero-order valence-corrected chi connectivity index (χ0v) is 24.1. The van der Waals surface area contributed by atoms with E-state index in [0.29, 0.717) is 25.8 Å². The number of hydrogen-bond donors (Lipinski definition) is 6. The molecule has 2 aromatic rings. The van der Waals surface area contributed by atoms with Crippen LogP contribution in [0.2, 0.25) is 0 Å². The van der Waals surface area contributed by atoms with Crippen molar-refractivity contribution in [2.45, 2.75) is 70.5 Å². The van der Waals surface area contributed by atoms with Crippen molar-refractivity contribution in [3.63, 3.8) is 0 Å². The minimum Gasteiger partial charge on any atom is -0.465 e. The highest BCUT2D eigenvalue weighted by atomic mass is 16.4. The van der Waals surface area contributed by atoms with Crippen molar-refractivity contribution in [3.8, 4) is 0 Å². The van der Waals surface area contributed by atoms with Gasteiger partial charge in [0.05, 0.1) is 12.1 Å². The van der Waals surface area contributed by atoms with Crippen LogP contribution in [0.1, 0.15) is 51.2 Å². The molecule has 2 aromatic carbocycles. The molecule has 0 aliphatic heterocycles. The van der Waals surface area contributed by atoms with Gasteiger partial charge in [-0.25, -0.2) is 9.59 Å². The average Bonchev–Trinajstić information content (AvgIpc) is 2.93. The van der Waals surface area contributed by atoms with Gasteiger partial charge in [-0.2, -0.15) is 0 Å². The summed E-state index contributed by atoms with van der Waals surface area (Å²) in [5.74, 6) is -1.12.